The third kappa shape index (κ3) is 5.51. The lowest BCUT2D eigenvalue weighted by atomic mass is 9.79. The molecular formula is C24H34. The van der Waals surface area contributed by atoms with E-state index in [1.165, 1.54) is 40.7 Å². The molecule has 0 amide bonds. The Morgan fingerprint density at radius 2 is 1.54 bits per heavy atom. The number of hydrogen-bond acceptors (Lipinski definition) is 0. The van der Waals surface area contributed by atoms with Gasteiger partial charge in [0.25, 0.3) is 0 Å². The first-order valence-corrected chi connectivity index (χ1v) is 9.40. The molecule has 2 rings (SSSR count). The Morgan fingerprint density at radius 3 is 2.17 bits per heavy atom. The van der Waals surface area contributed by atoms with Crippen LogP contribution in [0.3, 0.4) is 0 Å². The lowest BCUT2D eigenvalue weighted by Gasteiger charge is -2.26. The fourth-order valence-corrected chi connectivity index (χ4v) is 3.53. The molecule has 24 heavy (non-hydrogen) atoms. The van der Waals surface area contributed by atoms with E-state index in [1.807, 2.05) is 0 Å². The molecule has 0 saturated heterocycles. The maximum absolute atomic E-state index is 2.41. The molecule has 0 radical (unpaired) electrons. The van der Waals surface area contributed by atoms with Gasteiger partial charge in [-0.2, -0.15) is 0 Å². The van der Waals surface area contributed by atoms with Crippen molar-refractivity contribution in [2.75, 3.05) is 0 Å². The van der Waals surface area contributed by atoms with Crippen LogP contribution in [0.4, 0.5) is 0 Å². The zero-order valence-electron chi connectivity index (χ0n) is 16.4. The van der Waals surface area contributed by atoms with Crippen LogP contribution in [0.1, 0.15) is 61.9 Å². The topological polar surface area (TPSA) is 0 Å². The molecule has 130 valence electrons. The highest BCUT2D eigenvalue weighted by molar-refractivity contribution is 5.32. The normalized spacial score (nSPS) is 12.0. The van der Waals surface area contributed by atoms with Gasteiger partial charge in [-0.15, -0.1) is 0 Å². The van der Waals surface area contributed by atoms with Gasteiger partial charge in [0.05, 0.1) is 0 Å². The summed E-state index contributed by atoms with van der Waals surface area (Å²) >= 11 is 0. The third-order valence-corrected chi connectivity index (χ3v) is 5.01. The predicted octanol–water partition coefficient (Wildman–Crippen LogP) is 6.70. The van der Waals surface area contributed by atoms with E-state index in [2.05, 4.69) is 84.0 Å². The van der Waals surface area contributed by atoms with Crippen molar-refractivity contribution in [1.29, 1.82) is 0 Å². The van der Waals surface area contributed by atoms with Gasteiger partial charge in [-0.25, -0.2) is 0 Å². The second-order valence-corrected chi connectivity index (χ2v) is 8.64. The number of benzene rings is 2. The monoisotopic (exact) mass is 322 g/mol. The second-order valence-electron chi connectivity index (χ2n) is 8.64. The van der Waals surface area contributed by atoms with Crippen molar-refractivity contribution in [3.63, 3.8) is 0 Å². The minimum absolute atomic E-state index is 0.276. The van der Waals surface area contributed by atoms with Crippen molar-refractivity contribution in [3.05, 3.63) is 70.3 Å². The fraction of sp³-hybridized carbons (Fsp3) is 0.500. The van der Waals surface area contributed by atoms with Gasteiger partial charge < -0.3 is 0 Å². The van der Waals surface area contributed by atoms with E-state index < -0.39 is 0 Å². The number of rotatable bonds is 7. The van der Waals surface area contributed by atoms with Crippen molar-refractivity contribution >= 4 is 0 Å². The Hall–Kier alpha value is -1.56. The first-order valence-electron chi connectivity index (χ1n) is 9.40. The Kier molecular flexibility index (Phi) is 6.27. The van der Waals surface area contributed by atoms with Crippen LogP contribution in [0.5, 0.6) is 0 Å². The second kappa shape index (κ2) is 8.01. The van der Waals surface area contributed by atoms with Crippen molar-refractivity contribution in [3.8, 4) is 0 Å². The third-order valence-electron chi connectivity index (χ3n) is 5.01. The van der Waals surface area contributed by atoms with Crippen molar-refractivity contribution in [2.24, 2.45) is 11.3 Å². The highest BCUT2D eigenvalue weighted by atomic mass is 14.2. The van der Waals surface area contributed by atoms with Gasteiger partial charge in [-0.3, -0.25) is 0 Å². The highest BCUT2D eigenvalue weighted by Crippen LogP contribution is 2.29. The maximum Gasteiger partial charge on any atom is -0.0221 e. The molecule has 0 saturated carbocycles. The van der Waals surface area contributed by atoms with Crippen LogP contribution in [-0.4, -0.2) is 0 Å². The summed E-state index contributed by atoms with van der Waals surface area (Å²) in [5, 5.41) is 0. The van der Waals surface area contributed by atoms with Crippen LogP contribution in [0.2, 0.25) is 0 Å². The zero-order chi connectivity index (χ0) is 17.7. The number of aryl methyl sites for hydroxylation is 3. The van der Waals surface area contributed by atoms with Crippen molar-refractivity contribution < 1.29 is 0 Å². The zero-order valence-corrected chi connectivity index (χ0v) is 16.4. The van der Waals surface area contributed by atoms with E-state index >= 15 is 0 Å². The quantitative estimate of drug-likeness (QED) is 0.532. The summed E-state index contributed by atoms with van der Waals surface area (Å²) in [6, 6.07) is 15.9. The summed E-state index contributed by atoms with van der Waals surface area (Å²) in [6.07, 6.45) is 4.75. The molecule has 0 spiro atoms. The largest absolute Gasteiger partial charge is 0.0628 e. The molecule has 0 aromatic heterocycles. The van der Waals surface area contributed by atoms with Crippen LogP contribution in [-0.2, 0) is 19.3 Å². The first kappa shape index (κ1) is 18.8. The molecule has 0 bridgehead atoms. The van der Waals surface area contributed by atoms with Gasteiger partial charge in [0.1, 0.15) is 0 Å². The molecule has 0 aliphatic heterocycles. The fourth-order valence-electron chi connectivity index (χ4n) is 3.53. The molecule has 0 N–H and O–H groups in total. The van der Waals surface area contributed by atoms with Gasteiger partial charge in [0, 0.05) is 0 Å². The standard InChI is InChI=1S/C24H34/c1-18(2)11-13-22-14-12-21(15-20(22)4)16-24(5,6)17-23-10-8-7-9-19(23)3/h7-10,12,14-15,18H,11,13,16-17H2,1-6H3. The van der Waals surface area contributed by atoms with E-state index in [0.717, 1.165) is 18.8 Å². The molecule has 2 aromatic rings. The molecule has 0 atom stereocenters. The van der Waals surface area contributed by atoms with Gasteiger partial charge in [0.15, 0.2) is 0 Å². The predicted molar refractivity (Wildman–Crippen MR) is 107 cm³/mol. The Balaban J connectivity index is 2.06. The SMILES string of the molecule is Cc1cc(CC(C)(C)Cc2ccccc2C)ccc1CCC(C)C. The molecule has 2 aromatic carbocycles. The van der Waals surface area contributed by atoms with E-state index in [-0.39, 0.29) is 5.41 Å². The molecule has 0 heterocycles. The summed E-state index contributed by atoms with van der Waals surface area (Å²) in [5.74, 6) is 0.775. The Morgan fingerprint density at radius 1 is 0.833 bits per heavy atom. The molecule has 0 aliphatic rings. The summed E-state index contributed by atoms with van der Waals surface area (Å²) in [5.41, 5.74) is 7.61. The number of hydrogen-bond donors (Lipinski definition) is 0. The smallest absolute Gasteiger partial charge is 0.0221 e. The van der Waals surface area contributed by atoms with Gasteiger partial charge >= 0.3 is 0 Å². The van der Waals surface area contributed by atoms with Crippen LogP contribution >= 0.6 is 0 Å². The summed E-state index contributed by atoms with van der Waals surface area (Å²) < 4.78 is 0. The van der Waals surface area contributed by atoms with Gasteiger partial charge in [-0.1, -0.05) is 70.2 Å². The summed E-state index contributed by atoms with van der Waals surface area (Å²) in [4.78, 5) is 0. The lowest BCUT2D eigenvalue weighted by molar-refractivity contribution is 0.360. The van der Waals surface area contributed by atoms with Crippen molar-refractivity contribution in [1.82, 2.24) is 0 Å². The van der Waals surface area contributed by atoms with Gasteiger partial charge in [-0.05, 0) is 78.7 Å². The van der Waals surface area contributed by atoms with Crippen LogP contribution in [0.15, 0.2) is 42.5 Å². The Bertz CT molecular complexity index is 661. The van der Waals surface area contributed by atoms with E-state index in [0.29, 0.717) is 0 Å². The van der Waals surface area contributed by atoms with Crippen molar-refractivity contribution in [2.45, 2.75) is 67.2 Å². The molecular weight excluding hydrogens is 288 g/mol. The van der Waals surface area contributed by atoms with Crippen LogP contribution < -0.4 is 0 Å². The molecule has 0 fully saturated rings. The average Bonchev–Trinajstić information content (AvgIpc) is 2.48. The molecule has 0 aliphatic carbocycles. The van der Waals surface area contributed by atoms with E-state index in [4.69, 9.17) is 0 Å². The van der Waals surface area contributed by atoms with E-state index in [9.17, 15) is 0 Å². The minimum atomic E-state index is 0.276. The van der Waals surface area contributed by atoms with Gasteiger partial charge in [0.2, 0.25) is 0 Å². The lowest BCUT2D eigenvalue weighted by Crippen LogP contribution is -2.19. The molecule has 0 heteroatoms. The molecule has 0 nitrogen and oxygen atoms in total. The highest BCUT2D eigenvalue weighted by Gasteiger charge is 2.20. The summed E-state index contributed by atoms with van der Waals surface area (Å²) in [7, 11) is 0. The van der Waals surface area contributed by atoms with Crippen LogP contribution in [0, 0.1) is 25.2 Å². The van der Waals surface area contributed by atoms with E-state index in [1.54, 1.807) is 0 Å². The maximum atomic E-state index is 2.41. The van der Waals surface area contributed by atoms with Crippen LogP contribution in [0.25, 0.3) is 0 Å². The average molecular weight is 323 g/mol. The Labute approximate surface area is 149 Å². The summed E-state index contributed by atoms with van der Waals surface area (Å²) in [6.45, 7) is 13.9. The molecule has 0 unspecified atom stereocenters. The minimum Gasteiger partial charge on any atom is -0.0628 e. The first-order chi connectivity index (χ1) is 11.3.